The fraction of sp³-hybridized carbons (Fsp3) is 0.706. The van der Waals surface area contributed by atoms with Gasteiger partial charge in [-0.15, -0.1) is 0 Å². The molecule has 0 bridgehead atoms. The Hall–Kier alpha value is -1.74. The van der Waals surface area contributed by atoms with Crippen LogP contribution in [0.4, 0.5) is 0 Å². The first-order valence-corrected chi connectivity index (χ1v) is 11.0. The second-order valence-electron chi connectivity index (χ2n) is 7.62. The van der Waals surface area contributed by atoms with Crippen molar-refractivity contribution in [3.63, 3.8) is 0 Å². The molecular formula is C17H24N4O4S. The van der Waals surface area contributed by atoms with Crippen molar-refractivity contribution >= 4 is 15.9 Å². The van der Waals surface area contributed by atoms with Crippen molar-refractivity contribution in [2.24, 2.45) is 5.92 Å². The highest BCUT2D eigenvalue weighted by Gasteiger charge is 2.36. The fourth-order valence-electron chi connectivity index (χ4n) is 3.88. The maximum atomic E-state index is 12.5. The zero-order valence-corrected chi connectivity index (χ0v) is 15.7. The average Bonchev–Trinajstić information content (AvgIpc) is 3.45. The van der Waals surface area contributed by atoms with Crippen LogP contribution in [0.25, 0.3) is 0 Å². The Bertz CT molecular complexity index is 891. The number of hydrogen-bond acceptors (Lipinski definition) is 5. The third kappa shape index (κ3) is 3.42. The monoisotopic (exact) mass is 380 g/mol. The molecule has 1 amide bonds. The molecule has 8 nitrogen and oxygen atoms in total. The van der Waals surface area contributed by atoms with Crippen LogP contribution in [0.3, 0.4) is 0 Å². The summed E-state index contributed by atoms with van der Waals surface area (Å²) in [5.41, 5.74) is 0.866. The number of sulfonamides is 1. The van der Waals surface area contributed by atoms with E-state index in [-0.39, 0.29) is 29.8 Å². The van der Waals surface area contributed by atoms with Crippen LogP contribution in [0.15, 0.2) is 4.79 Å². The third-order valence-electron chi connectivity index (χ3n) is 5.57. The molecule has 4 rings (SSSR count). The van der Waals surface area contributed by atoms with E-state index in [0.29, 0.717) is 36.6 Å². The summed E-state index contributed by atoms with van der Waals surface area (Å²) in [5.74, 6) is 1.11. The Morgan fingerprint density at radius 3 is 2.69 bits per heavy atom. The molecule has 3 heterocycles. The molecule has 1 aromatic rings. The molecule has 2 fully saturated rings. The average molecular weight is 380 g/mol. The largest absolute Gasteiger partial charge is 0.342 e. The van der Waals surface area contributed by atoms with Gasteiger partial charge in [-0.05, 0) is 25.7 Å². The SMILES string of the molecule is CS(=O)(=O)N1CCc2nc(C3CCCN(C(=O)C4CC4)C3)[nH]c(=O)c2C1. The molecule has 1 aromatic heterocycles. The number of rotatable bonds is 3. The van der Waals surface area contributed by atoms with Gasteiger partial charge in [0.05, 0.1) is 17.5 Å². The lowest BCUT2D eigenvalue weighted by molar-refractivity contribution is -0.133. The van der Waals surface area contributed by atoms with Gasteiger partial charge in [0.1, 0.15) is 5.82 Å². The summed E-state index contributed by atoms with van der Waals surface area (Å²) in [4.78, 5) is 34.3. The van der Waals surface area contributed by atoms with Crippen LogP contribution >= 0.6 is 0 Å². The van der Waals surface area contributed by atoms with E-state index >= 15 is 0 Å². The number of nitrogens with zero attached hydrogens (tertiary/aromatic N) is 3. The van der Waals surface area contributed by atoms with Gasteiger partial charge in [0.15, 0.2) is 0 Å². The molecule has 1 unspecified atom stereocenters. The number of fused-ring (bicyclic) bond motifs is 1. The molecule has 1 saturated carbocycles. The van der Waals surface area contributed by atoms with E-state index in [1.165, 1.54) is 4.31 Å². The summed E-state index contributed by atoms with van der Waals surface area (Å²) >= 11 is 0. The summed E-state index contributed by atoms with van der Waals surface area (Å²) in [6.07, 6.45) is 5.38. The minimum atomic E-state index is -3.33. The van der Waals surface area contributed by atoms with E-state index < -0.39 is 10.0 Å². The Kier molecular flexibility index (Phi) is 4.38. The minimum Gasteiger partial charge on any atom is -0.342 e. The molecule has 1 aliphatic carbocycles. The molecule has 0 spiro atoms. The predicted octanol–water partition coefficient (Wildman–Crippen LogP) is 0.204. The Labute approximate surface area is 152 Å². The van der Waals surface area contributed by atoms with Crippen LogP contribution in [-0.2, 0) is 27.8 Å². The smallest absolute Gasteiger partial charge is 0.255 e. The number of piperidine rings is 1. The van der Waals surface area contributed by atoms with Gasteiger partial charge < -0.3 is 9.88 Å². The normalized spacial score (nSPS) is 24.3. The molecule has 9 heteroatoms. The van der Waals surface area contributed by atoms with Crippen molar-refractivity contribution in [2.45, 2.75) is 44.6 Å². The van der Waals surface area contributed by atoms with Crippen molar-refractivity contribution in [2.75, 3.05) is 25.9 Å². The summed E-state index contributed by atoms with van der Waals surface area (Å²) < 4.78 is 24.8. The van der Waals surface area contributed by atoms with Crippen molar-refractivity contribution in [3.8, 4) is 0 Å². The molecule has 1 saturated heterocycles. The van der Waals surface area contributed by atoms with Gasteiger partial charge in [0.2, 0.25) is 15.9 Å². The van der Waals surface area contributed by atoms with Crippen LogP contribution in [0.2, 0.25) is 0 Å². The van der Waals surface area contributed by atoms with E-state index in [4.69, 9.17) is 0 Å². The summed E-state index contributed by atoms with van der Waals surface area (Å²) in [5, 5.41) is 0. The molecule has 2 aliphatic heterocycles. The number of carbonyl (C=O) groups is 1. The molecule has 0 radical (unpaired) electrons. The van der Waals surface area contributed by atoms with Gasteiger partial charge in [-0.3, -0.25) is 9.59 Å². The first-order valence-electron chi connectivity index (χ1n) is 9.19. The van der Waals surface area contributed by atoms with E-state index in [0.717, 1.165) is 38.5 Å². The highest BCUT2D eigenvalue weighted by atomic mass is 32.2. The van der Waals surface area contributed by atoms with E-state index in [2.05, 4.69) is 9.97 Å². The molecule has 1 atom stereocenters. The van der Waals surface area contributed by atoms with Gasteiger partial charge in [0.25, 0.3) is 5.56 Å². The second kappa shape index (κ2) is 6.45. The molecule has 0 aromatic carbocycles. The lowest BCUT2D eigenvalue weighted by Gasteiger charge is -2.33. The van der Waals surface area contributed by atoms with Crippen molar-refractivity contribution in [1.29, 1.82) is 0 Å². The van der Waals surface area contributed by atoms with Gasteiger partial charge in [-0.25, -0.2) is 13.4 Å². The van der Waals surface area contributed by atoms with Gasteiger partial charge in [-0.1, -0.05) is 0 Å². The van der Waals surface area contributed by atoms with Crippen LogP contribution in [0.1, 0.15) is 48.7 Å². The standard InChI is InChI=1S/C17H24N4O4S/c1-26(24,25)21-8-6-14-13(10-21)16(22)19-15(18-14)12-3-2-7-20(9-12)17(23)11-4-5-11/h11-12H,2-10H2,1H3,(H,18,19,22). The van der Waals surface area contributed by atoms with E-state index in [1.54, 1.807) is 0 Å². The number of aromatic amines is 1. The van der Waals surface area contributed by atoms with E-state index in [1.807, 2.05) is 4.90 Å². The lowest BCUT2D eigenvalue weighted by atomic mass is 9.96. The molecule has 3 aliphatic rings. The summed E-state index contributed by atoms with van der Waals surface area (Å²) in [6.45, 7) is 1.81. The number of nitrogens with one attached hydrogen (secondary N) is 1. The first-order chi connectivity index (χ1) is 12.3. The number of hydrogen-bond donors (Lipinski definition) is 1. The minimum absolute atomic E-state index is 0.0392. The highest BCUT2D eigenvalue weighted by molar-refractivity contribution is 7.88. The Balaban J connectivity index is 1.56. The zero-order chi connectivity index (χ0) is 18.5. The Morgan fingerprint density at radius 2 is 2.00 bits per heavy atom. The summed E-state index contributed by atoms with van der Waals surface area (Å²) in [6, 6.07) is 0. The van der Waals surface area contributed by atoms with Gasteiger partial charge >= 0.3 is 0 Å². The molecule has 142 valence electrons. The quantitative estimate of drug-likeness (QED) is 0.807. The highest BCUT2D eigenvalue weighted by Crippen LogP contribution is 2.34. The summed E-state index contributed by atoms with van der Waals surface area (Å²) in [7, 11) is -3.33. The van der Waals surface area contributed by atoms with Crippen molar-refractivity contribution in [3.05, 3.63) is 27.4 Å². The zero-order valence-electron chi connectivity index (χ0n) is 14.9. The van der Waals surface area contributed by atoms with Crippen molar-refractivity contribution < 1.29 is 13.2 Å². The van der Waals surface area contributed by atoms with Crippen LogP contribution in [0, 0.1) is 5.92 Å². The Morgan fingerprint density at radius 1 is 1.23 bits per heavy atom. The number of H-pyrrole nitrogens is 1. The van der Waals surface area contributed by atoms with Gasteiger partial charge in [-0.2, -0.15) is 4.31 Å². The number of likely N-dealkylation sites (tertiary alicyclic amines) is 1. The lowest BCUT2D eigenvalue weighted by Crippen LogP contribution is -2.42. The number of carbonyl (C=O) groups excluding carboxylic acids is 1. The fourth-order valence-corrected chi connectivity index (χ4v) is 4.67. The second-order valence-corrected chi connectivity index (χ2v) is 9.60. The van der Waals surface area contributed by atoms with E-state index in [9.17, 15) is 18.0 Å². The molecular weight excluding hydrogens is 356 g/mol. The van der Waals surface area contributed by atoms with Crippen molar-refractivity contribution in [1.82, 2.24) is 19.2 Å². The molecule has 26 heavy (non-hydrogen) atoms. The third-order valence-corrected chi connectivity index (χ3v) is 6.82. The van der Waals surface area contributed by atoms with Gasteiger partial charge in [0, 0.05) is 44.4 Å². The maximum Gasteiger partial charge on any atom is 0.255 e. The first kappa shape index (κ1) is 17.7. The predicted molar refractivity (Wildman–Crippen MR) is 95.1 cm³/mol. The number of amides is 1. The maximum absolute atomic E-state index is 12.5. The molecule has 1 N–H and O–H groups in total. The number of aromatic nitrogens is 2. The van der Waals surface area contributed by atoms with Crippen LogP contribution in [-0.4, -0.2) is 59.4 Å². The topological polar surface area (TPSA) is 103 Å². The van der Waals surface area contributed by atoms with Crippen LogP contribution < -0.4 is 5.56 Å². The van der Waals surface area contributed by atoms with Crippen LogP contribution in [0.5, 0.6) is 0 Å².